The molecule has 1 saturated heterocycles. The number of morpholine rings is 1. The Balaban J connectivity index is 1.64. The van der Waals surface area contributed by atoms with Gasteiger partial charge in [-0.2, -0.15) is 0 Å². The zero-order chi connectivity index (χ0) is 15.7. The topological polar surface area (TPSA) is 58.6 Å². The lowest BCUT2D eigenvalue weighted by atomic mass is 10.0. The molecule has 0 aromatic heterocycles. The van der Waals surface area contributed by atoms with Gasteiger partial charge in [-0.25, -0.2) is 0 Å². The molecule has 1 aliphatic carbocycles. The first-order valence-corrected chi connectivity index (χ1v) is 7.75. The standard InChI is InChI=1S/C17H22N2O3/c1-12(20)19-7-8-22-17(2,11-19)16(21)18-15-9-13-5-3-4-6-14(13)10-15/h3-6,15H,7-11H2,1-2H3,(H,18,21)/t17-/m1/s1. The van der Waals surface area contributed by atoms with Gasteiger partial charge in [0, 0.05) is 19.5 Å². The summed E-state index contributed by atoms with van der Waals surface area (Å²) < 4.78 is 5.69. The Hall–Kier alpha value is -1.88. The van der Waals surface area contributed by atoms with Gasteiger partial charge in [0.25, 0.3) is 5.91 Å². The molecule has 3 rings (SSSR count). The van der Waals surface area contributed by atoms with Crippen LogP contribution in [0.4, 0.5) is 0 Å². The molecule has 1 fully saturated rings. The third-order valence-electron chi connectivity index (χ3n) is 4.59. The first kappa shape index (κ1) is 15.0. The van der Waals surface area contributed by atoms with E-state index in [4.69, 9.17) is 4.74 Å². The van der Waals surface area contributed by atoms with Crippen molar-refractivity contribution in [1.29, 1.82) is 0 Å². The summed E-state index contributed by atoms with van der Waals surface area (Å²) in [4.78, 5) is 25.8. The second kappa shape index (κ2) is 5.72. The molecule has 1 heterocycles. The normalized spacial score (nSPS) is 24.9. The molecular weight excluding hydrogens is 280 g/mol. The highest BCUT2D eigenvalue weighted by atomic mass is 16.5. The van der Waals surface area contributed by atoms with Crippen molar-refractivity contribution in [1.82, 2.24) is 10.2 Å². The Kier molecular flexibility index (Phi) is 3.91. The van der Waals surface area contributed by atoms with E-state index in [1.165, 1.54) is 18.1 Å². The Bertz CT molecular complexity index is 576. The molecule has 5 heteroatoms. The van der Waals surface area contributed by atoms with Crippen LogP contribution < -0.4 is 5.32 Å². The van der Waals surface area contributed by atoms with Crippen molar-refractivity contribution in [3.8, 4) is 0 Å². The first-order valence-electron chi connectivity index (χ1n) is 7.75. The molecular formula is C17H22N2O3. The molecule has 1 N–H and O–H groups in total. The van der Waals surface area contributed by atoms with Crippen LogP contribution in [0.15, 0.2) is 24.3 Å². The number of carbonyl (C=O) groups excluding carboxylic acids is 2. The van der Waals surface area contributed by atoms with Crippen LogP contribution in [0, 0.1) is 0 Å². The summed E-state index contributed by atoms with van der Waals surface area (Å²) in [7, 11) is 0. The summed E-state index contributed by atoms with van der Waals surface area (Å²) in [5, 5.41) is 3.09. The van der Waals surface area contributed by atoms with E-state index in [9.17, 15) is 9.59 Å². The SMILES string of the molecule is CC(=O)N1CCO[C@@](C)(C(=O)NC2Cc3ccccc3C2)C1. The van der Waals surface area contributed by atoms with Crippen molar-refractivity contribution < 1.29 is 14.3 Å². The maximum Gasteiger partial charge on any atom is 0.254 e. The molecule has 0 saturated carbocycles. The molecule has 2 amide bonds. The molecule has 1 aliphatic heterocycles. The van der Waals surface area contributed by atoms with Gasteiger partial charge in [-0.05, 0) is 30.9 Å². The number of nitrogens with one attached hydrogen (secondary N) is 1. The minimum Gasteiger partial charge on any atom is -0.362 e. The monoisotopic (exact) mass is 302 g/mol. The second-order valence-electron chi connectivity index (χ2n) is 6.37. The third kappa shape index (κ3) is 2.86. The number of amides is 2. The van der Waals surface area contributed by atoms with E-state index < -0.39 is 5.60 Å². The fourth-order valence-corrected chi connectivity index (χ4v) is 3.28. The van der Waals surface area contributed by atoms with Crippen LogP contribution in [0.25, 0.3) is 0 Å². The predicted octanol–water partition coefficient (Wildman–Crippen LogP) is 0.907. The minimum absolute atomic E-state index is 0.0180. The minimum atomic E-state index is -0.960. The van der Waals surface area contributed by atoms with Gasteiger partial charge >= 0.3 is 0 Å². The number of benzene rings is 1. The van der Waals surface area contributed by atoms with Crippen LogP contribution in [0.2, 0.25) is 0 Å². The van der Waals surface area contributed by atoms with Gasteiger partial charge in [-0.15, -0.1) is 0 Å². The largest absolute Gasteiger partial charge is 0.362 e. The second-order valence-corrected chi connectivity index (χ2v) is 6.37. The fraction of sp³-hybridized carbons (Fsp3) is 0.529. The molecule has 0 spiro atoms. The summed E-state index contributed by atoms with van der Waals surface area (Å²) >= 11 is 0. The highest BCUT2D eigenvalue weighted by molar-refractivity contribution is 5.86. The maximum atomic E-state index is 12.6. The van der Waals surface area contributed by atoms with Gasteiger partial charge in [-0.1, -0.05) is 24.3 Å². The zero-order valence-corrected chi connectivity index (χ0v) is 13.1. The number of rotatable bonds is 2. The number of hydrogen-bond acceptors (Lipinski definition) is 3. The lowest BCUT2D eigenvalue weighted by Crippen LogP contribution is -2.60. The first-order chi connectivity index (χ1) is 10.5. The molecule has 22 heavy (non-hydrogen) atoms. The number of nitrogens with zero attached hydrogens (tertiary/aromatic N) is 1. The summed E-state index contributed by atoms with van der Waals surface area (Å²) in [6.45, 7) is 4.55. The van der Waals surface area contributed by atoms with Crippen LogP contribution in [-0.4, -0.2) is 48.1 Å². The highest BCUT2D eigenvalue weighted by Gasteiger charge is 2.41. The number of hydrogen-bond donors (Lipinski definition) is 1. The van der Waals surface area contributed by atoms with Crippen molar-refractivity contribution in [2.45, 2.75) is 38.3 Å². The summed E-state index contributed by atoms with van der Waals surface area (Å²) in [6.07, 6.45) is 1.71. The van der Waals surface area contributed by atoms with Gasteiger partial charge < -0.3 is 15.0 Å². The van der Waals surface area contributed by atoms with E-state index in [-0.39, 0.29) is 17.9 Å². The average molecular weight is 302 g/mol. The molecule has 1 aromatic rings. The Morgan fingerprint density at radius 1 is 1.27 bits per heavy atom. The zero-order valence-electron chi connectivity index (χ0n) is 13.1. The van der Waals surface area contributed by atoms with Crippen molar-refractivity contribution >= 4 is 11.8 Å². The Labute approximate surface area is 130 Å². The van der Waals surface area contributed by atoms with Gasteiger partial charge in [0.05, 0.1) is 13.2 Å². The molecule has 1 aromatic carbocycles. The Morgan fingerprint density at radius 3 is 2.50 bits per heavy atom. The van der Waals surface area contributed by atoms with Gasteiger partial charge in [0.1, 0.15) is 0 Å². The van der Waals surface area contributed by atoms with Gasteiger partial charge in [0.15, 0.2) is 5.60 Å². The fourth-order valence-electron chi connectivity index (χ4n) is 3.28. The summed E-state index contributed by atoms with van der Waals surface area (Å²) in [5.74, 6) is -0.146. The van der Waals surface area contributed by atoms with E-state index in [1.54, 1.807) is 11.8 Å². The average Bonchev–Trinajstić information content (AvgIpc) is 2.89. The van der Waals surface area contributed by atoms with E-state index in [0.717, 1.165) is 12.8 Å². The Morgan fingerprint density at radius 2 is 1.91 bits per heavy atom. The summed E-state index contributed by atoms with van der Waals surface area (Å²) in [5.41, 5.74) is 1.64. The smallest absolute Gasteiger partial charge is 0.254 e. The molecule has 1 atom stereocenters. The van der Waals surface area contributed by atoms with E-state index in [2.05, 4.69) is 17.4 Å². The third-order valence-corrected chi connectivity index (χ3v) is 4.59. The molecule has 118 valence electrons. The molecule has 0 radical (unpaired) electrons. The van der Waals surface area contributed by atoms with Gasteiger partial charge in [-0.3, -0.25) is 9.59 Å². The van der Waals surface area contributed by atoms with Crippen LogP contribution in [0.1, 0.15) is 25.0 Å². The maximum absolute atomic E-state index is 12.6. The van der Waals surface area contributed by atoms with Crippen molar-refractivity contribution in [3.05, 3.63) is 35.4 Å². The van der Waals surface area contributed by atoms with E-state index in [0.29, 0.717) is 19.7 Å². The molecule has 0 bridgehead atoms. The molecule has 5 nitrogen and oxygen atoms in total. The van der Waals surface area contributed by atoms with E-state index >= 15 is 0 Å². The van der Waals surface area contributed by atoms with Crippen molar-refractivity contribution in [2.75, 3.05) is 19.7 Å². The lowest BCUT2D eigenvalue weighted by Gasteiger charge is -2.39. The van der Waals surface area contributed by atoms with E-state index in [1.807, 2.05) is 12.1 Å². The lowest BCUT2D eigenvalue weighted by molar-refractivity contribution is -0.162. The quantitative estimate of drug-likeness (QED) is 0.883. The van der Waals surface area contributed by atoms with Crippen molar-refractivity contribution in [2.24, 2.45) is 0 Å². The highest BCUT2D eigenvalue weighted by Crippen LogP contribution is 2.23. The van der Waals surface area contributed by atoms with Crippen molar-refractivity contribution in [3.63, 3.8) is 0 Å². The van der Waals surface area contributed by atoms with Crippen LogP contribution in [-0.2, 0) is 27.2 Å². The number of ether oxygens (including phenoxy) is 1. The number of fused-ring (bicyclic) bond motifs is 1. The predicted molar refractivity (Wildman–Crippen MR) is 82.4 cm³/mol. The van der Waals surface area contributed by atoms with Gasteiger partial charge in [0.2, 0.25) is 5.91 Å². The molecule has 2 aliphatic rings. The summed E-state index contributed by atoms with van der Waals surface area (Å²) in [6, 6.07) is 8.38. The van der Waals surface area contributed by atoms with Crippen LogP contribution in [0.3, 0.4) is 0 Å². The van der Waals surface area contributed by atoms with Crippen LogP contribution >= 0.6 is 0 Å². The van der Waals surface area contributed by atoms with Crippen LogP contribution in [0.5, 0.6) is 0 Å². The molecule has 0 unspecified atom stereocenters. The number of carbonyl (C=O) groups is 2.